The lowest BCUT2D eigenvalue weighted by Crippen LogP contribution is -2.28. The summed E-state index contributed by atoms with van der Waals surface area (Å²) < 4.78 is 47.8. The second-order valence-electron chi connectivity index (χ2n) is 8.18. The van der Waals surface area contributed by atoms with Crippen molar-refractivity contribution in [2.45, 2.75) is 18.8 Å². The van der Waals surface area contributed by atoms with Gasteiger partial charge in [0, 0.05) is 24.5 Å². The van der Waals surface area contributed by atoms with Crippen LogP contribution in [0.2, 0.25) is 0 Å². The molecule has 9 nitrogen and oxygen atoms in total. The Bertz CT molecular complexity index is 1530. The molecule has 2 aromatic carbocycles. The maximum absolute atomic E-state index is 14.0. The minimum absolute atomic E-state index is 0.0302. The molecule has 2 N–H and O–H groups in total. The van der Waals surface area contributed by atoms with Crippen molar-refractivity contribution in [2.75, 3.05) is 0 Å². The van der Waals surface area contributed by atoms with E-state index in [1.165, 1.54) is 36.4 Å². The SMILES string of the molecule is O=C(NCc1cccnc1)[C@@H](O)c1ccc(-c2noc(-c3cnn(-c4ccccc4)c3C(F)(F)F)n2)cc1. The summed E-state index contributed by atoms with van der Waals surface area (Å²) in [6, 6.07) is 17.5. The lowest BCUT2D eigenvalue weighted by Gasteiger charge is -2.12. The molecule has 3 aromatic heterocycles. The van der Waals surface area contributed by atoms with Crippen molar-refractivity contribution >= 4 is 5.91 Å². The zero-order valence-corrected chi connectivity index (χ0v) is 19.5. The summed E-state index contributed by atoms with van der Waals surface area (Å²) in [6.07, 6.45) is -1.94. The number of rotatable bonds is 7. The van der Waals surface area contributed by atoms with Crippen LogP contribution >= 0.6 is 0 Å². The van der Waals surface area contributed by atoms with Crippen molar-refractivity contribution < 1.29 is 27.6 Å². The summed E-state index contributed by atoms with van der Waals surface area (Å²) in [5.41, 5.74) is 0.316. The van der Waals surface area contributed by atoms with Crippen molar-refractivity contribution in [3.05, 3.63) is 102 Å². The zero-order chi connectivity index (χ0) is 26.7. The third-order valence-corrected chi connectivity index (χ3v) is 5.62. The number of halogens is 3. The molecule has 0 spiro atoms. The van der Waals surface area contributed by atoms with E-state index in [9.17, 15) is 23.1 Å². The maximum Gasteiger partial charge on any atom is 0.434 e. The second kappa shape index (κ2) is 10.3. The Morgan fingerprint density at radius 3 is 2.47 bits per heavy atom. The molecular formula is C26H19F3N6O3. The predicted octanol–water partition coefficient (Wildman–Crippen LogP) is 4.35. The molecule has 0 aliphatic heterocycles. The van der Waals surface area contributed by atoms with E-state index in [2.05, 4.69) is 25.5 Å². The highest BCUT2D eigenvalue weighted by Gasteiger charge is 2.40. The third-order valence-electron chi connectivity index (χ3n) is 5.62. The number of benzene rings is 2. The van der Waals surface area contributed by atoms with Crippen molar-refractivity contribution in [1.29, 1.82) is 0 Å². The number of nitrogens with one attached hydrogen (secondary N) is 1. The number of hydrogen-bond acceptors (Lipinski definition) is 7. The molecule has 0 saturated carbocycles. The van der Waals surface area contributed by atoms with E-state index >= 15 is 0 Å². The minimum atomic E-state index is -4.74. The summed E-state index contributed by atoms with van der Waals surface area (Å²) >= 11 is 0. The number of alkyl halides is 3. The van der Waals surface area contributed by atoms with Gasteiger partial charge in [-0.05, 0) is 29.3 Å². The Morgan fingerprint density at radius 2 is 1.79 bits per heavy atom. The molecule has 1 atom stereocenters. The molecule has 0 radical (unpaired) electrons. The number of hydrogen-bond donors (Lipinski definition) is 2. The van der Waals surface area contributed by atoms with Crippen LogP contribution < -0.4 is 5.32 Å². The van der Waals surface area contributed by atoms with Gasteiger partial charge < -0.3 is 14.9 Å². The van der Waals surface area contributed by atoms with E-state index < -0.39 is 23.9 Å². The topological polar surface area (TPSA) is 119 Å². The van der Waals surface area contributed by atoms with Crippen molar-refractivity contribution in [3.63, 3.8) is 0 Å². The van der Waals surface area contributed by atoms with Crippen LogP contribution in [0.4, 0.5) is 13.2 Å². The van der Waals surface area contributed by atoms with Gasteiger partial charge in [-0.1, -0.05) is 53.7 Å². The minimum Gasteiger partial charge on any atom is -0.378 e. The molecule has 0 bridgehead atoms. The van der Waals surface area contributed by atoms with Gasteiger partial charge in [-0.25, -0.2) is 4.68 Å². The van der Waals surface area contributed by atoms with Crippen LogP contribution in [0.3, 0.4) is 0 Å². The fourth-order valence-corrected chi connectivity index (χ4v) is 3.75. The monoisotopic (exact) mass is 520 g/mol. The van der Waals surface area contributed by atoms with E-state index in [1.54, 1.807) is 42.7 Å². The standard InChI is InChI=1S/C26H19F3N6O3/c27-26(28,29)22-20(15-32-35(22)19-6-2-1-3-7-19)25-33-23(34-38-25)18-10-8-17(9-11-18)21(36)24(37)31-14-16-5-4-12-30-13-16/h1-13,15,21,36H,14H2,(H,31,37)/t21-/m0/s1. The van der Waals surface area contributed by atoms with Gasteiger partial charge in [0.2, 0.25) is 5.82 Å². The molecule has 0 fully saturated rings. The molecule has 192 valence electrons. The Labute approximate surface area is 213 Å². The predicted molar refractivity (Wildman–Crippen MR) is 128 cm³/mol. The molecule has 5 rings (SSSR count). The maximum atomic E-state index is 14.0. The Morgan fingerprint density at radius 1 is 1.03 bits per heavy atom. The van der Waals surface area contributed by atoms with Crippen LogP contribution in [0.25, 0.3) is 28.5 Å². The third kappa shape index (κ3) is 5.15. The van der Waals surface area contributed by atoms with E-state index in [0.717, 1.165) is 16.4 Å². The number of carbonyl (C=O) groups is 1. The van der Waals surface area contributed by atoms with Crippen LogP contribution in [-0.2, 0) is 17.5 Å². The number of pyridine rings is 1. The summed E-state index contributed by atoms with van der Waals surface area (Å²) in [7, 11) is 0. The van der Waals surface area contributed by atoms with Gasteiger partial charge in [0.15, 0.2) is 11.8 Å². The molecule has 3 heterocycles. The molecule has 0 aliphatic carbocycles. The molecule has 38 heavy (non-hydrogen) atoms. The summed E-state index contributed by atoms with van der Waals surface area (Å²) in [5.74, 6) is -0.922. The van der Waals surface area contributed by atoms with Crippen LogP contribution in [0.1, 0.15) is 22.9 Å². The van der Waals surface area contributed by atoms with Gasteiger partial charge >= 0.3 is 6.18 Å². The fourth-order valence-electron chi connectivity index (χ4n) is 3.75. The number of aromatic nitrogens is 5. The van der Waals surface area contributed by atoms with Crippen LogP contribution in [0.15, 0.2) is 89.8 Å². The van der Waals surface area contributed by atoms with Crippen molar-refractivity contribution in [2.24, 2.45) is 0 Å². The normalized spacial score (nSPS) is 12.3. The average molecular weight is 520 g/mol. The van der Waals surface area contributed by atoms with Crippen molar-refractivity contribution in [1.82, 2.24) is 30.2 Å². The van der Waals surface area contributed by atoms with Crippen molar-refractivity contribution in [3.8, 4) is 28.5 Å². The first-order chi connectivity index (χ1) is 18.3. The first-order valence-electron chi connectivity index (χ1n) is 11.3. The number of amides is 1. The number of aliphatic hydroxyl groups is 1. The summed E-state index contributed by atoms with van der Waals surface area (Å²) in [6.45, 7) is 0.203. The number of carbonyl (C=O) groups excluding carboxylic acids is 1. The highest BCUT2D eigenvalue weighted by Crippen LogP contribution is 2.38. The molecule has 0 unspecified atom stereocenters. The lowest BCUT2D eigenvalue weighted by molar-refractivity contribution is -0.142. The highest BCUT2D eigenvalue weighted by atomic mass is 19.4. The number of para-hydroxylation sites is 1. The Balaban J connectivity index is 1.34. The van der Waals surface area contributed by atoms with Crippen LogP contribution in [-0.4, -0.2) is 35.9 Å². The Kier molecular flexibility index (Phi) is 6.71. The number of aliphatic hydroxyl groups excluding tert-OH is 1. The summed E-state index contributed by atoms with van der Waals surface area (Å²) in [4.78, 5) is 20.4. The van der Waals surface area contributed by atoms with Crippen LogP contribution in [0, 0.1) is 0 Å². The van der Waals surface area contributed by atoms with Gasteiger partial charge in [0.1, 0.15) is 0 Å². The molecule has 0 saturated heterocycles. The number of nitrogens with zero attached hydrogens (tertiary/aromatic N) is 5. The van der Waals surface area contributed by atoms with Gasteiger partial charge in [-0.15, -0.1) is 0 Å². The molecular weight excluding hydrogens is 501 g/mol. The van der Waals surface area contributed by atoms with E-state index in [0.29, 0.717) is 11.1 Å². The molecule has 12 heteroatoms. The first-order valence-corrected chi connectivity index (χ1v) is 11.3. The van der Waals surface area contributed by atoms with E-state index in [1.807, 2.05) is 0 Å². The quantitative estimate of drug-likeness (QED) is 0.327. The van der Waals surface area contributed by atoms with Gasteiger partial charge in [0.25, 0.3) is 11.8 Å². The second-order valence-corrected chi connectivity index (χ2v) is 8.18. The largest absolute Gasteiger partial charge is 0.434 e. The average Bonchev–Trinajstić information content (AvgIpc) is 3.60. The first kappa shape index (κ1) is 24.8. The van der Waals surface area contributed by atoms with Gasteiger partial charge in [0.05, 0.1) is 17.4 Å². The molecule has 5 aromatic rings. The van der Waals surface area contributed by atoms with Crippen LogP contribution in [0.5, 0.6) is 0 Å². The van der Waals surface area contributed by atoms with E-state index in [-0.39, 0.29) is 29.5 Å². The smallest absolute Gasteiger partial charge is 0.378 e. The lowest BCUT2D eigenvalue weighted by atomic mass is 10.1. The highest BCUT2D eigenvalue weighted by molar-refractivity contribution is 5.82. The fraction of sp³-hybridized carbons (Fsp3) is 0.115. The van der Waals surface area contributed by atoms with E-state index in [4.69, 9.17) is 4.52 Å². The molecule has 1 amide bonds. The zero-order valence-electron chi connectivity index (χ0n) is 19.5. The summed E-state index contributed by atoms with van der Waals surface area (Å²) in [5, 5.41) is 20.7. The Hall–Kier alpha value is -4.84. The molecule has 0 aliphatic rings. The van der Waals surface area contributed by atoms with Gasteiger partial charge in [-0.3, -0.25) is 9.78 Å². The van der Waals surface area contributed by atoms with Gasteiger partial charge in [-0.2, -0.15) is 23.3 Å².